The average molecular weight is 289 g/mol. The van der Waals surface area contributed by atoms with Gasteiger partial charge in [-0.3, -0.25) is 9.69 Å². The number of benzene rings is 1. The Hall–Kier alpha value is -2.30. The van der Waals surface area contributed by atoms with Crippen LogP contribution in [0.4, 0.5) is 5.69 Å². The van der Waals surface area contributed by atoms with Gasteiger partial charge < -0.3 is 9.47 Å². The van der Waals surface area contributed by atoms with Gasteiger partial charge >= 0.3 is 5.97 Å². The summed E-state index contributed by atoms with van der Waals surface area (Å²) < 4.78 is 10.3. The summed E-state index contributed by atoms with van der Waals surface area (Å²) in [4.78, 5) is 26.0. The first-order valence-electron chi connectivity index (χ1n) is 6.82. The Kier molecular flexibility index (Phi) is 4.31. The number of methoxy groups -OCH3 is 1. The highest BCUT2D eigenvalue weighted by Crippen LogP contribution is 2.36. The van der Waals surface area contributed by atoms with Crippen LogP contribution in [0.2, 0.25) is 0 Å². The van der Waals surface area contributed by atoms with Gasteiger partial charge in [-0.2, -0.15) is 0 Å². The predicted octanol–water partition coefficient (Wildman–Crippen LogP) is 2.09. The molecule has 5 heteroatoms. The van der Waals surface area contributed by atoms with Crippen molar-refractivity contribution in [2.24, 2.45) is 0 Å². The van der Waals surface area contributed by atoms with Crippen LogP contribution < -0.4 is 9.64 Å². The van der Waals surface area contributed by atoms with Crippen LogP contribution >= 0.6 is 0 Å². The molecule has 0 N–H and O–H groups in total. The number of rotatable bonds is 4. The van der Waals surface area contributed by atoms with Gasteiger partial charge in [0.05, 0.1) is 13.7 Å². The zero-order chi connectivity index (χ0) is 15.6. The number of carbonyl (C=O) groups is 2. The average Bonchev–Trinajstić information content (AvgIpc) is 2.84. The van der Waals surface area contributed by atoms with Gasteiger partial charge in [0.25, 0.3) is 5.91 Å². The number of fused-ring (bicyclic) bond motifs is 1. The second-order valence-electron chi connectivity index (χ2n) is 4.92. The van der Waals surface area contributed by atoms with E-state index in [1.165, 1.54) is 4.90 Å². The summed E-state index contributed by atoms with van der Waals surface area (Å²) in [6.07, 6.45) is 0.421. The number of ether oxygens (including phenoxy) is 2. The molecule has 112 valence electrons. The fraction of sp³-hybridized carbons (Fsp3) is 0.375. The summed E-state index contributed by atoms with van der Waals surface area (Å²) in [6.45, 7) is 7.33. The van der Waals surface area contributed by atoms with Crippen LogP contribution in [0.3, 0.4) is 0 Å². The molecule has 0 bridgehead atoms. The Morgan fingerprint density at radius 2 is 2.14 bits per heavy atom. The maximum Gasteiger partial charge on any atom is 0.329 e. The number of amides is 1. The molecule has 1 heterocycles. The summed E-state index contributed by atoms with van der Waals surface area (Å²) in [6, 6.07) is 4.75. The lowest BCUT2D eigenvalue weighted by Gasteiger charge is -2.24. The van der Waals surface area contributed by atoms with Crippen molar-refractivity contribution in [2.45, 2.75) is 26.3 Å². The first-order chi connectivity index (χ1) is 9.99. The van der Waals surface area contributed by atoms with Crippen molar-refractivity contribution >= 4 is 17.6 Å². The molecule has 2 rings (SSSR count). The van der Waals surface area contributed by atoms with E-state index < -0.39 is 12.0 Å². The molecule has 0 saturated heterocycles. The highest BCUT2D eigenvalue weighted by atomic mass is 16.5. The minimum atomic E-state index is -0.642. The fourth-order valence-corrected chi connectivity index (χ4v) is 2.44. The van der Waals surface area contributed by atoms with Crippen molar-refractivity contribution in [3.63, 3.8) is 0 Å². The van der Waals surface area contributed by atoms with Gasteiger partial charge in [-0.15, -0.1) is 0 Å². The lowest BCUT2D eigenvalue weighted by molar-refractivity contribution is -0.145. The van der Waals surface area contributed by atoms with Crippen LogP contribution in [-0.4, -0.2) is 31.6 Å². The quantitative estimate of drug-likeness (QED) is 0.629. The summed E-state index contributed by atoms with van der Waals surface area (Å²) in [5, 5.41) is 0. The second-order valence-corrected chi connectivity index (χ2v) is 4.92. The van der Waals surface area contributed by atoms with Gasteiger partial charge in [0.2, 0.25) is 0 Å². The van der Waals surface area contributed by atoms with Crippen molar-refractivity contribution in [2.75, 3.05) is 18.6 Å². The van der Waals surface area contributed by atoms with E-state index in [1.807, 2.05) is 6.07 Å². The minimum absolute atomic E-state index is 0.267. The van der Waals surface area contributed by atoms with E-state index in [9.17, 15) is 9.59 Å². The van der Waals surface area contributed by atoms with E-state index in [1.54, 1.807) is 33.1 Å². The highest BCUT2D eigenvalue weighted by molar-refractivity contribution is 6.10. The van der Waals surface area contributed by atoms with Crippen LogP contribution in [-0.2, 0) is 20.7 Å². The molecule has 1 aliphatic heterocycles. The molecule has 0 aromatic heterocycles. The lowest BCUT2D eigenvalue weighted by Crippen LogP contribution is -2.44. The minimum Gasteiger partial charge on any atom is -0.497 e. The van der Waals surface area contributed by atoms with Crippen LogP contribution in [0, 0.1) is 0 Å². The zero-order valence-electron chi connectivity index (χ0n) is 12.5. The van der Waals surface area contributed by atoms with Crippen LogP contribution in [0.5, 0.6) is 5.75 Å². The number of anilines is 1. The van der Waals surface area contributed by atoms with Crippen LogP contribution in [0.15, 0.2) is 30.4 Å². The maximum absolute atomic E-state index is 12.4. The molecule has 1 amide bonds. The molecule has 5 nitrogen and oxygen atoms in total. The smallest absolute Gasteiger partial charge is 0.329 e. The van der Waals surface area contributed by atoms with Gasteiger partial charge in [0.15, 0.2) is 0 Å². The first kappa shape index (κ1) is 15.1. The molecule has 0 fully saturated rings. The summed E-state index contributed by atoms with van der Waals surface area (Å²) >= 11 is 0. The number of carbonyl (C=O) groups excluding carboxylic acids is 2. The molecule has 21 heavy (non-hydrogen) atoms. The van der Waals surface area contributed by atoms with Crippen molar-refractivity contribution in [1.82, 2.24) is 0 Å². The normalized spacial score (nSPS) is 16.3. The lowest BCUT2D eigenvalue weighted by atomic mass is 10.1. The molecule has 0 spiro atoms. The van der Waals surface area contributed by atoms with E-state index in [-0.39, 0.29) is 12.5 Å². The molecule has 0 saturated carbocycles. The number of nitrogens with zero attached hydrogens (tertiary/aromatic N) is 1. The molecule has 0 radical (unpaired) electrons. The van der Waals surface area contributed by atoms with Crippen molar-refractivity contribution < 1.29 is 19.1 Å². The van der Waals surface area contributed by atoms with E-state index in [0.717, 1.165) is 5.56 Å². The molecule has 0 aliphatic carbocycles. The molecule has 1 aromatic rings. The Morgan fingerprint density at radius 1 is 1.43 bits per heavy atom. The first-order valence-corrected chi connectivity index (χ1v) is 6.82. The van der Waals surface area contributed by atoms with E-state index in [2.05, 4.69) is 6.58 Å². The van der Waals surface area contributed by atoms with Gasteiger partial charge in [-0.05, 0) is 37.6 Å². The third-order valence-corrected chi connectivity index (χ3v) is 3.41. The van der Waals surface area contributed by atoms with Crippen LogP contribution in [0.25, 0.3) is 0 Å². The van der Waals surface area contributed by atoms with E-state index >= 15 is 0 Å². The van der Waals surface area contributed by atoms with Gasteiger partial charge in [0, 0.05) is 17.7 Å². The molecule has 1 atom stereocenters. The van der Waals surface area contributed by atoms with Gasteiger partial charge in [0.1, 0.15) is 11.8 Å². The Balaban J connectivity index is 2.42. The fourth-order valence-electron chi connectivity index (χ4n) is 2.44. The van der Waals surface area contributed by atoms with Crippen molar-refractivity contribution in [3.05, 3.63) is 35.9 Å². The molecule has 1 aliphatic rings. The molecule has 1 aromatic carbocycles. The third kappa shape index (κ3) is 2.77. The highest BCUT2D eigenvalue weighted by Gasteiger charge is 2.39. The third-order valence-electron chi connectivity index (χ3n) is 3.41. The standard InChI is InChI=1S/C16H19NO4/c1-5-21-16(19)14-9-11-8-12(20-4)6-7-13(11)17(14)15(18)10(2)3/h6-8,14H,2,5,9H2,1,3-4H3/t14-/m0/s1. The SMILES string of the molecule is C=C(C)C(=O)N1c2ccc(OC)cc2C[C@H]1C(=O)OCC. The molecule has 0 unspecified atom stereocenters. The summed E-state index contributed by atoms with van der Waals surface area (Å²) in [5.41, 5.74) is 1.98. The number of esters is 1. The Morgan fingerprint density at radius 3 is 2.71 bits per heavy atom. The summed E-state index contributed by atoms with van der Waals surface area (Å²) in [7, 11) is 1.58. The van der Waals surface area contributed by atoms with Crippen molar-refractivity contribution in [1.29, 1.82) is 0 Å². The predicted molar refractivity (Wildman–Crippen MR) is 79.4 cm³/mol. The Bertz CT molecular complexity index is 594. The second kappa shape index (κ2) is 5.99. The number of hydrogen-bond donors (Lipinski definition) is 0. The largest absolute Gasteiger partial charge is 0.497 e. The molecular weight excluding hydrogens is 270 g/mol. The number of hydrogen-bond acceptors (Lipinski definition) is 4. The van der Waals surface area contributed by atoms with Crippen LogP contribution in [0.1, 0.15) is 19.4 Å². The molecular formula is C16H19NO4. The zero-order valence-corrected chi connectivity index (χ0v) is 12.5. The maximum atomic E-state index is 12.4. The van der Waals surface area contributed by atoms with E-state index in [0.29, 0.717) is 23.4 Å². The topological polar surface area (TPSA) is 55.8 Å². The summed E-state index contributed by atoms with van der Waals surface area (Å²) in [5.74, 6) is 0.0280. The van der Waals surface area contributed by atoms with Crippen molar-refractivity contribution in [3.8, 4) is 5.75 Å². The van der Waals surface area contributed by atoms with E-state index in [4.69, 9.17) is 9.47 Å². The monoisotopic (exact) mass is 289 g/mol. The van der Waals surface area contributed by atoms with Gasteiger partial charge in [-0.25, -0.2) is 4.79 Å². The Labute approximate surface area is 124 Å². The van der Waals surface area contributed by atoms with Gasteiger partial charge in [-0.1, -0.05) is 6.58 Å².